The lowest BCUT2D eigenvalue weighted by Crippen LogP contribution is -2.28. The number of aliphatic carboxylic acids is 1. The van der Waals surface area contributed by atoms with Crippen molar-refractivity contribution >= 4 is 23.3 Å². The zero-order valence-corrected chi connectivity index (χ0v) is 12.1. The standard InChI is InChI=1S/C16H16ClNO2/c1-16(2,15(19)20)12-6-3-10(4-7-12)11-5-8-13(17)14(18)9-11/h3-9H,18H2,1-2H3,(H,19,20). The molecule has 2 aromatic carbocycles. The van der Waals surface area contributed by atoms with Gasteiger partial charge in [-0.25, -0.2) is 0 Å². The minimum Gasteiger partial charge on any atom is -0.481 e. The molecule has 0 fully saturated rings. The van der Waals surface area contributed by atoms with E-state index in [4.69, 9.17) is 17.3 Å². The van der Waals surface area contributed by atoms with E-state index in [-0.39, 0.29) is 0 Å². The molecule has 0 spiro atoms. The molecular weight excluding hydrogens is 274 g/mol. The number of carboxylic acids is 1. The number of halogens is 1. The van der Waals surface area contributed by atoms with Crippen molar-refractivity contribution in [1.29, 1.82) is 0 Å². The van der Waals surface area contributed by atoms with Crippen LogP contribution in [-0.2, 0) is 10.2 Å². The van der Waals surface area contributed by atoms with E-state index >= 15 is 0 Å². The number of hydrogen-bond donors (Lipinski definition) is 2. The maximum atomic E-state index is 11.2. The van der Waals surface area contributed by atoms with Crippen LogP contribution in [0, 0.1) is 0 Å². The largest absolute Gasteiger partial charge is 0.481 e. The van der Waals surface area contributed by atoms with Crippen molar-refractivity contribution in [2.75, 3.05) is 5.73 Å². The number of carbonyl (C=O) groups is 1. The summed E-state index contributed by atoms with van der Waals surface area (Å²) in [6, 6.07) is 12.9. The summed E-state index contributed by atoms with van der Waals surface area (Å²) in [5.74, 6) is -0.846. The van der Waals surface area contributed by atoms with Crippen molar-refractivity contribution < 1.29 is 9.90 Å². The zero-order valence-electron chi connectivity index (χ0n) is 11.4. The van der Waals surface area contributed by atoms with Crippen LogP contribution >= 0.6 is 11.6 Å². The molecule has 3 nitrogen and oxygen atoms in total. The van der Waals surface area contributed by atoms with Gasteiger partial charge in [-0.3, -0.25) is 4.79 Å². The van der Waals surface area contributed by atoms with Crippen molar-refractivity contribution in [2.24, 2.45) is 0 Å². The van der Waals surface area contributed by atoms with Crippen molar-refractivity contribution in [2.45, 2.75) is 19.3 Å². The third-order valence-corrected chi connectivity index (χ3v) is 3.81. The fourth-order valence-electron chi connectivity index (χ4n) is 1.93. The lowest BCUT2D eigenvalue weighted by molar-refractivity contribution is -0.142. The Kier molecular flexibility index (Phi) is 3.73. The Morgan fingerprint density at radius 3 is 2.15 bits per heavy atom. The zero-order chi connectivity index (χ0) is 14.9. The highest BCUT2D eigenvalue weighted by Gasteiger charge is 2.29. The third kappa shape index (κ3) is 2.63. The van der Waals surface area contributed by atoms with Crippen LogP contribution in [0.4, 0.5) is 5.69 Å². The fourth-order valence-corrected chi connectivity index (χ4v) is 2.04. The molecule has 4 heteroatoms. The molecule has 0 amide bonds. The van der Waals surface area contributed by atoms with E-state index < -0.39 is 11.4 Å². The lowest BCUT2D eigenvalue weighted by atomic mass is 9.84. The Hall–Kier alpha value is -2.00. The number of nitrogen functional groups attached to an aromatic ring is 1. The predicted octanol–water partition coefficient (Wildman–Crippen LogP) is 3.95. The molecule has 0 bridgehead atoms. The van der Waals surface area contributed by atoms with Gasteiger partial charge in [0.05, 0.1) is 16.1 Å². The summed E-state index contributed by atoms with van der Waals surface area (Å²) in [4.78, 5) is 11.2. The monoisotopic (exact) mass is 289 g/mol. The topological polar surface area (TPSA) is 63.3 Å². The molecule has 0 atom stereocenters. The minimum atomic E-state index is -0.905. The SMILES string of the molecule is CC(C)(C(=O)O)c1ccc(-c2ccc(Cl)c(N)c2)cc1. The molecular formula is C16H16ClNO2. The molecule has 0 aromatic heterocycles. The Bertz CT molecular complexity index is 648. The summed E-state index contributed by atoms with van der Waals surface area (Å²) < 4.78 is 0. The van der Waals surface area contributed by atoms with Crippen LogP contribution in [0.5, 0.6) is 0 Å². The Morgan fingerprint density at radius 1 is 1.10 bits per heavy atom. The summed E-state index contributed by atoms with van der Waals surface area (Å²) in [6.45, 7) is 3.37. The van der Waals surface area contributed by atoms with E-state index in [1.54, 1.807) is 26.0 Å². The van der Waals surface area contributed by atoms with Gasteiger partial charge in [0, 0.05) is 0 Å². The molecule has 0 saturated carbocycles. The van der Waals surface area contributed by atoms with Crippen molar-refractivity contribution in [1.82, 2.24) is 0 Å². The van der Waals surface area contributed by atoms with E-state index in [2.05, 4.69) is 0 Å². The molecule has 0 unspecified atom stereocenters. The van der Waals surface area contributed by atoms with Crippen molar-refractivity contribution in [3.8, 4) is 11.1 Å². The number of benzene rings is 2. The molecule has 0 saturated heterocycles. The first-order valence-electron chi connectivity index (χ1n) is 6.21. The Labute approximate surface area is 123 Å². The summed E-state index contributed by atoms with van der Waals surface area (Å²) in [5, 5.41) is 9.74. The van der Waals surface area contributed by atoms with E-state index in [1.807, 2.05) is 30.3 Å². The van der Waals surface area contributed by atoms with Gasteiger partial charge < -0.3 is 10.8 Å². The normalized spacial score (nSPS) is 11.3. The summed E-state index contributed by atoms with van der Waals surface area (Å²) in [6.07, 6.45) is 0. The second-order valence-corrected chi connectivity index (χ2v) is 5.65. The average molecular weight is 290 g/mol. The highest BCUT2D eigenvalue weighted by Crippen LogP contribution is 2.29. The highest BCUT2D eigenvalue weighted by molar-refractivity contribution is 6.33. The van der Waals surface area contributed by atoms with Gasteiger partial charge in [0.25, 0.3) is 0 Å². The van der Waals surface area contributed by atoms with E-state index in [1.165, 1.54) is 0 Å². The molecule has 0 radical (unpaired) electrons. The molecule has 0 aliphatic carbocycles. The highest BCUT2D eigenvalue weighted by atomic mass is 35.5. The smallest absolute Gasteiger partial charge is 0.313 e. The second kappa shape index (κ2) is 5.17. The van der Waals surface area contributed by atoms with E-state index in [9.17, 15) is 9.90 Å². The first-order chi connectivity index (χ1) is 9.32. The van der Waals surface area contributed by atoms with Crippen LogP contribution in [0.25, 0.3) is 11.1 Å². The molecule has 20 heavy (non-hydrogen) atoms. The van der Waals surface area contributed by atoms with Gasteiger partial charge in [-0.2, -0.15) is 0 Å². The predicted molar refractivity (Wildman–Crippen MR) is 82.0 cm³/mol. The quantitative estimate of drug-likeness (QED) is 0.841. The van der Waals surface area contributed by atoms with Gasteiger partial charge in [0.2, 0.25) is 0 Å². The van der Waals surface area contributed by atoms with Crippen molar-refractivity contribution in [3.63, 3.8) is 0 Å². The van der Waals surface area contributed by atoms with Crippen LogP contribution < -0.4 is 5.73 Å². The second-order valence-electron chi connectivity index (χ2n) is 5.24. The van der Waals surface area contributed by atoms with E-state index in [0.717, 1.165) is 16.7 Å². The third-order valence-electron chi connectivity index (χ3n) is 3.47. The summed E-state index contributed by atoms with van der Waals surface area (Å²) in [7, 11) is 0. The lowest BCUT2D eigenvalue weighted by Gasteiger charge is -2.19. The van der Waals surface area contributed by atoms with Crippen LogP contribution in [0.1, 0.15) is 19.4 Å². The van der Waals surface area contributed by atoms with Gasteiger partial charge in [-0.15, -0.1) is 0 Å². The van der Waals surface area contributed by atoms with Gasteiger partial charge >= 0.3 is 5.97 Å². The molecule has 0 heterocycles. The average Bonchev–Trinajstić information content (AvgIpc) is 2.42. The number of anilines is 1. The Morgan fingerprint density at radius 2 is 1.65 bits per heavy atom. The van der Waals surface area contributed by atoms with Crippen LogP contribution in [0.2, 0.25) is 5.02 Å². The fraction of sp³-hybridized carbons (Fsp3) is 0.188. The van der Waals surface area contributed by atoms with Gasteiger partial charge in [-0.05, 0) is 42.7 Å². The van der Waals surface area contributed by atoms with Crippen LogP contribution in [0.15, 0.2) is 42.5 Å². The molecule has 104 valence electrons. The molecule has 3 N–H and O–H groups in total. The van der Waals surface area contributed by atoms with Crippen molar-refractivity contribution in [3.05, 3.63) is 53.1 Å². The van der Waals surface area contributed by atoms with Gasteiger partial charge in [0.15, 0.2) is 0 Å². The number of rotatable bonds is 3. The molecule has 0 aliphatic heterocycles. The molecule has 0 aliphatic rings. The minimum absolute atomic E-state index is 0.525. The summed E-state index contributed by atoms with van der Waals surface area (Å²) >= 11 is 5.90. The number of hydrogen-bond acceptors (Lipinski definition) is 2. The number of nitrogens with two attached hydrogens (primary N) is 1. The van der Waals surface area contributed by atoms with Gasteiger partial charge in [-0.1, -0.05) is 41.9 Å². The number of carboxylic acid groups (broad SMARTS) is 1. The maximum absolute atomic E-state index is 11.2. The van der Waals surface area contributed by atoms with E-state index in [0.29, 0.717) is 10.7 Å². The first-order valence-corrected chi connectivity index (χ1v) is 6.59. The van der Waals surface area contributed by atoms with Gasteiger partial charge in [0.1, 0.15) is 0 Å². The van der Waals surface area contributed by atoms with Crippen LogP contribution in [0.3, 0.4) is 0 Å². The van der Waals surface area contributed by atoms with Crippen LogP contribution in [-0.4, -0.2) is 11.1 Å². The molecule has 2 aromatic rings. The maximum Gasteiger partial charge on any atom is 0.313 e. The molecule has 2 rings (SSSR count). The Balaban J connectivity index is 2.37. The first kappa shape index (κ1) is 14.4. The summed E-state index contributed by atoms with van der Waals surface area (Å²) in [5.41, 5.74) is 8.09.